The summed E-state index contributed by atoms with van der Waals surface area (Å²) in [5, 5.41) is 6.33. The molecule has 19 heavy (non-hydrogen) atoms. The van der Waals surface area contributed by atoms with E-state index in [9.17, 15) is 4.79 Å². The molecule has 0 aliphatic carbocycles. The third kappa shape index (κ3) is 5.26. The summed E-state index contributed by atoms with van der Waals surface area (Å²) >= 11 is 0. The summed E-state index contributed by atoms with van der Waals surface area (Å²) in [6.07, 6.45) is 4.54. The highest BCUT2D eigenvalue weighted by Crippen LogP contribution is 2.15. The molecule has 0 aromatic rings. The summed E-state index contributed by atoms with van der Waals surface area (Å²) in [5.74, 6) is 0.777. The van der Waals surface area contributed by atoms with E-state index < -0.39 is 0 Å². The molecule has 2 fully saturated rings. The Morgan fingerprint density at radius 2 is 2.21 bits per heavy atom. The first-order valence-electron chi connectivity index (χ1n) is 7.23. The van der Waals surface area contributed by atoms with E-state index in [1.54, 1.807) is 0 Å². The molecular formula is C13H27ClN4O. The predicted octanol–water partition coefficient (Wildman–Crippen LogP) is -0.0529. The fourth-order valence-electron chi connectivity index (χ4n) is 2.98. The van der Waals surface area contributed by atoms with Crippen LogP contribution in [0.25, 0.3) is 0 Å². The molecule has 2 unspecified atom stereocenters. The van der Waals surface area contributed by atoms with Crippen molar-refractivity contribution in [2.45, 2.75) is 31.7 Å². The van der Waals surface area contributed by atoms with Crippen molar-refractivity contribution < 1.29 is 4.79 Å². The number of amides is 1. The molecule has 5 nitrogen and oxygen atoms in total. The van der Waals surface area contributed by atoms with Crippen molar-refractivity contribution in [2.75, 3.05) is 39.3 Å². The van der Waals surface area contributed by atoms with Crippen molar-refractivity contribution in [1.82, 2.24) is 15.5 Å². The third-order valence-electron chi connectivity index (χ3n) is 3.99. The average molecular weight is 291 g/mol. The summed E-state index contributed by atoms with van der Waals surface area (Å²) in [5.41, 5.74) is 5.59. The van der Waals surface area contributed by atoms with Crippen LogP contribution in [0.4, 0.5) is 0 Å². The largest absolute Gasteiger partial charge is 0.354 e. The van der Waals surface area contributed by atoms with Gasteiger partial charge in [-0.25, -0.2) is 0 Å². The van der Waals surface area contributed by atoms with Gasteiger partial charge in [0, 0.05) is 26.2 Å². The highest BCUT2D eigenvalue weighted by molar-refractivity contribution is 5.85. The molecule has 1 amide bonds. The molecule has 2 aliphatic rings. The lowest BCUT2D eigenvalue weighted by Gasteiger charge is -2.32. The lowest BCUT2D eigenvalue weighted by molar-refractivity contribution is -0.123. The first kappa shape index (κ1) is 16.7. The molecule has 0 saturated carbocycles. The molecule has 0 aromatic heterocycles. The van der Waals surface area contributed by atoms with E-state index in [1.807, 2.05) is 0 Å². The van der Waals surface area contributed by atoms with Crippen molar-refractivity contribution in [1.29, 1.82) is 0 Å². The van der Waals surface area contributed by atoms with E-state index in [-0.39, 0.29) is 24.4 Å². The molecule has 0 spiro atoms. The van der Waals surface area contributed by atoms with Gasteiger partial charge in [0.25, 0.3) is 0 Å². The first-order chi connectivity index (χ1) is 8.79. The second-order valence-corrected chi connectivity index (χ2v) is 5.49. The number of carbonyl (C=O) groups excluding carboxylic acids is 1. The number of nitrogens with two attached hydrogens (primary N) is 1. The Kier molecular flexibility index (Phi) is 7.68. The lowest BCUT2D eigenvalue weighted by atomic mass is 9.98. The quantitative estimate of drug-likeness (QED) is 0.664. The number of nitrogens with one attached hydrogen (secondary N) is 2. The van der Waals surface area contributed by atoms with Gasteiger partial charge in [-0.15, -0.1) is 12.4 Å². The smallest absolute Gasteiger partial charge is 0.237 e. The number of piperidine rings is 1. The summed E-state index contributed by atoms with van der Waals surface area (Å²) in [6.45, 7) is 5.74. The SMILES string of the molecule is Cl.NCCN1CCCC(CNC(=O)C2CCCN2)C1. The van der Waals surface area contributed by atoms with Crippen LogP contribution in [0.1, 0.15) is 25.7 Å². The maximum absolute atomic E-state index is 11.9. The molecule has 0 aromatic carbocycles. The number of rotatable bonds is 5. The van der Waals surface area contributed by atoms with E-state index in [4.69, 9.17) is 5.73 Å². The number of hydrogen-bond donors (Lipinski definition) is 3. The Morgan fingerprint density at radius 1 is 1.37 bits per heavy atom. The standard InChI is InChI=1S/C13H26N4O.ClH/c14-5-8-17-7-2-3-11(10-17)9-16-13(18)12-4-1-6-15-12;/h11-12,15H,1-10,14H2,(H,16,18);1H. The molecule has 2 atom stereocenters. The Bertz CT molecular complexity index is 269. The maximum atomic E-state index is 11.9. The molecule has 2 saturated heterocycles. The summed E-state index contributed by atoms with van der Waals surface area (Å²) in [4.78, 5) is 14.3. The minimum atomic E-state index is 0. The van der Waals surface area contributed by atoms with E-state index in [2.05, 4.69) is 15.5 Å². The van der Waals surface area contributed by atoms with Gasteiger partial charge in [0.1, 0.15) is 0 Å². The van der Waals surface area contributed by atoms with Gasteiger partial charge in [0.15, 0.2) is 0 Å². The lowest BCUT2D eigenvalue weighted by Crippen LogP contribution is -2.46. The Morgan fingerprint density at radius 3 is 2.89 bits per heavy atom. The van der Waals surface area contributed by atoms with Gasteiger partial charge < -0.3 is 21.3 Å². The van der Waals surface area contributed by atoms with Gasteiger partial charge in [-0.1, -0.05) is 0 Å². The topological polar surface area (TPSA) is 70.4 Å². The first-order valence-corrected chi connectivity index (χ1v) is 7.23. The van der Waals surface area contributed by atoms with Crippen LogP contribution in [-0.4, -0.2) is 56.1 Å². The number of nitrogens with zero attached hydrogens (tertiary/aromatic N) is 1. The average Bonchev–Trinajstić information content (AvgIpc) is 2.91. The van der Waals surface area contributed by atoms with Crippen LogP contribution in [0.15, 0.2) is 0 Å². The van der Waals surface area contributed by atoms with Gasteiger partial charge in [-0.2, -0.15) is 0 Å². The normalized spacial score (nSPS) is 27.8. The van der Waals surface area contributed by atoms with Crippen LogP contribution < -0.4 is 16.4 Å². The summed E-state index contributed by atoms with van der Waals surface area (Å²) in [7, 11) is 0. The van der Waals surface area contributed by atoms with E-state index in [1.165, 1.54) is 12.8 Å². The van der Waals surface area contributed by atoms with Crippen LogP contribution in [0, 0.1) is 5.92 Å². The Labute approximate surface area is 122 Å². The van der Waals surface area contributed by atoms with Gasteiger partial charge in [0.05, 0.1) is 6.04 Å². The highest BCUT2D eigenvalue weighted by atomic mass is 35.5. The van der Waals surface area contributed by atoms with Gasteiger partial charge in [-0.3, -0.25) is 4.79 Å². The van der Waals surface area contributed by atoms with Crippen LogP contribution in [0.2, 0.25) is 0 Å². The van der Waals surface area contributed by atoms with Crippen LogP contribution >= 0.6 is 12.4 Å². The highest BCUT2D eigenvalue weighted by Gasteiger charge is 2.24. The molecule has 2 aliphatic heterocycles. The molecule has 0 radical (unpaired) electrons. The monoisotopic (exact) mass is 290 g/mol. The zero-order valence-corrected chi connectivity index (χ0v) is 12.4. The van der Waals surface area contributed by atoms with Crippen molar-refractivity contribution in [3.8, 4) is 0 Å². The second kappa shape index (κ2) is 8.74. The van der Waals surface area contributed by atoms with E-state index in [0.29, 0.717) is 5.92 Å². The zero-order valence-electron chi connectivity index (χ0n) is 11.6. The molecule has 6 heteroatoms. The molecule has 2 heterocycles. The van der Waals surface area contributed by atoms with E-state index >= 15 is 0 Å². The fourth-order valence-corrected chi connectivity index (χ4v) is 2.98. The molecule has 0 bridgehead atoms. The Hall–Kier alpha value is -0.360. The summed E-state index contributed by atoms with van der Waals surface area (Å²) < 4.78 is 0. The number of halogens is 1. The molecular weight excluding hydrogens is 264 g/mol. The number of carbonyl (C=O) groups is 1. The van der Waals surface area contributed by atoms with Crippen LogP contribution in [0.5, 0.6) is 0 Å². The maximum Gasteiger partial charge on any atom is 0.237 e. The molecule has 112 valence electrons. The van der Waals surface area contributed by atoms with Gasteiger partial charge in [0.2, 0.25) is 5.91 Å². The van der Waals surface area contributed by atoms with Gasteiger partial charge >= 0.3 is 0 Å². The third-order valence-corrected chi connectivity index (χ3v) is 3.99. The van der Waals surface area contributed by atoms with Crippen LogP contribution in [-0.2, 0) is 4.79 Å². The molecule has 4 N–H and O–H groups in total. The zero-order chi connectivity index (χ0) is 12.8. The second-order valence-electron chi connectivity index (χ2n) is 5.49. The minimum absolute atomic E-state index is 0. The number of hydrogen-bond acceptors (Lipinski definition) is 4. The van der Waals surface area contributed by atoms with Crippen molar-refractivity contribution in [3.05, 3.63) is 0 Å². The predicted molar refractivity (Wildman–Crippen MR) is 79.5 cm³/mol. The van der Waals surface area contributed by atoms with E-state index in [0.717, 1.165) is 52.1 Å². The van der Waals surface area contributed by atoms with Crippen molar-refractivity contribution in [3.63, 3.8) is 0 Å². The molecule has 2 rings (SSSR count). The number of likely N-dealkylation sites (tertiary alicyclic amines) is 1. The van der Waals surface area contributed by atoms with Crippen molar-refractivity contribution in [2.24, 2.45) is 11.7 Å². The summed E-state index contributed by atoms with van der Waals surface area (Å²) in [6, 6.07) is 0.0498. The Balaban J connectivity index is 0.00000180. The minimum Gasteiger partial charge on any atom is -0.354 e. The fraction of sp³-hybridized carbons (Fsp3) is 0.923. The van der Waals surface area contributed by atoms with Gasteiger partial charge in [-0.05, 0) is 44.7 Å². The van der Waals surface area contributed by atoms with Crippen molar-refractivity contribution >= 4 is 18.3 Å². The van der Waals surface area contributed by atoms with Crippen LogP contribution in [0.3, 0.4) is 0 Å².